The molecule has 2 unspecified atom stereocenters. The minimum absolute atomic E-state index is 0.167. The maximum atomic E-state index is 12.8. The highest BCUT2D eigenvalue weighted by atomic mass is 19.4. The highest BCUT2D eigenvalue weighted by Gasteiger charge is 2.49. The zero-order valence-corrected chi connectivity index (χ0v) is 16.3. The normalized spacial score (nSPS) is 26.3. The number of benzene rings is 1. The number of halogens is 3. The number of alkyl halides is 3. The highest BCUT2D eigenvalue weighted by molar-refractivity contribution is 5.69. The molecule has 30 heavy (non-hydrogen) atoms. The van der Waals surface area contributed by atoms with E-state index in [1.165, 1.54) is 6.07 Å². The first kappa shape index (κ1) is 20.7. The Hall–Kier alpha value is -2.61. The van der Waals surface area contributed by atoms with Gasteiger partial charge in [-0.3, -0.25) is 4.98 Å². The lowest BCUT2D eigenvalue weighted by molar-refractivity contribution is -0.138. The molecule has 2 bridgehead atoms. The summed E-state index contributed by atoms with van der Waals surface area (Å²) in [6.07, 6.45) is -1.35. The van der Waals surface area contributed by atoms with Crippen LogP contribution < -0.4 is 0 Å². The number of aliphatic hydroxyl groups is 1. The number of nitrogens with zero attached hydrogens (tertiary/aromatic N) is 2. The maximum Gasteiger partial charge on any atom is 0.417 e. The number of rotatable bonds is 3. The van der Waals surface area contributed by atoms with Crippen molar-refractivity contribution in [3.8, 4) is 0 Å². The first-order chi connectivity index (χ1) is 14.3. The number of carbonyl (C=O) groups excluding carboxylic acids is 1. The quantitative estimate of drug-likeness (QED) is 0.786. The van der Waals surface area contributed by atoms with Gasteiger partial charge >= 0.3 is 12.3 Å². The van der Waals surface area contributed by atoms with Crippen molar-refractivity contribution < 1.29 is 27.8 Å². The molecule has 2 aromatic rings. The highest BCUT2D eigenvalue weighted by Crippen LogP contribution is 2.44. The molecule has 3 heterocycles. The summed E-state index contributed by atoms with van der Waals surface area (Å²) >= 11 is 0. The van der Waals surface area contributed by atoms with Gasteiger partial charge in [0, 0.05) is 31.1 Å². The van der Waals surface area contributed by atoms with E-state index in [2.05, 4.69) is 4.98 Å². The van der Waals surface area contributed by atoms with E-state index in [0.717, 1.165) is 24.2 Å². The van der Waals surface area contributed by atoms with Crippen molar-refractivity contribution in [2.24, 2.45) is 0 Å². The molecule has 0 saturated carbocycles. The number of hydrogen-bond donors (Lipinski definition) is 1. The molecule has 8 heteroatoms. The Balaban J connectivity index is 1.48. The van der Waals surface area contributed by atoms with Crippen LogP contribution in [-0.4, -0.2) is 33.2 Å². The molecule has 2 saturated heterocycles. The van der Waals surface area contributed by atoms with E-state index in [0.29, 0.717) is 12.8 Å². The lowest BCUT2D eigenvalue weighted by Crippen LogP contribution is -2.59. The van der Waals surface area contributed by atoms with Crippen molar-refractivity contribution in [2.45, 2.75) is 62.6 Å². The van der Waals surface area contributed by atoms with Gasteiger partial charge in [-0.05, 0) is 37.0 Å². The molecule has 0 aliphatic carbocycles. The number of fused-ring (bicyclic) bond motifs is 2. The summed E-state index contributed by atoms with van der Waals surface area (Å²) < 4.78 is 44.0. The van der Waals surface area contributed by atoms with E-state index in [1.54, 1.807) is 4.90 Å². The predicted octanol–water partition coefficient (Wildman–Crippen LogP) is 4.64. The third-order valence-electron chi connectivity index (χ3n) is 5.99. The van der Waals surface area contributed by atoms with Crippen molar-refractivity contribution in [2.75, 3.05) is 0 Å². The van der Waals surface area contributed by atoms with Gasteiger partial charge in [0.05, 0.1) is 11.3 Å². The number of pyridine rings is 1. The summed E-state index contributed by atoms with van der Waals surface area (Å²) in [7, 11) is 0. The summed E-state index contributed by atoms with van der Waals surface area (Å²) in [5.41, 5.74) is -1.11. The Morgan fingerprint density at radius 2 is 1.80 bits per heavy atom. The Bertz CT molecular complexity index is 873. The van der Waals surface area contributed by atoms with Crippen LogP contribution in [0.1, 0.15) is 48.9 Å². The van der Waals surface area contributed by atoms with Gasteiger partial charge in [0.25, 0.3) is 0 Å². The number of hydrogen-bond acceptors (Lipinski definition) is 4. The second kappa shape index (κ2) is 7.91. The minimum atomic E-state index is -4.48. The zero-order valence-electron chi connectivity index (χ0n) is 16.3. The largest absolute Gasteiger partial charge is 0.445 e. The van der Waals surface area contributed by atoms with Crippen LogP contribution in [0.25, 0.3) is 0 Å². The van der Waals surface area contributed by atoms with Crippen molar-refractivity contribution >= 4 is 6.09 Å². The van der Waals surface area contributed by atoms with E-state index in [-0.39, 0.29) is 37.2 Å². The minimum Gasteiger partial charge on any atom is -0.445 e. The molecule has 4 rings (SSSR count). The number of amides is 1. The maximum absolute atomic E-state index is 12.8. The van der Waals surface area contributed by atoms with Gasteiger partial charge in [-0.15, -0.1) is 0 Å². The third-order valence-corrected chi connectivity index (χ3v) is 5.99. The van der Waals surface area contributed by atoms with Crippen LogP contribution >= 0.6 is 0 Å². The number of aromatic nitrogens is 1. The van der Waals surface area contributed by atoms with Gasteiger partial charge in [-0.25, -0.2) is 4.79 Å². The molecule has 0 spiro atoms. The molecule has 1 aromatic carbocycles. The summed E-state index contributed by atoms with van der Waals surface area (Å²) in [5, 5.41) is 11.2. The zero-order chi connectivity index (χ0) is 21.4. The molecule has 1 amide bonds. The van der Waals surface area contributed by atoms with E-state index in [1.807, 2.05) is 30.3 Å². The molecular formula is C22H23F3N2O3. The standard InChI is InChI=1S/C22H23F3N2O3/c23-22(24,25)16-9-10-19(26-13-16)21(29)11-17-7-4-8-18(12-21)27(17)20(28)30-14-15-5-2-1-3-6-15/h1-3,5-6,9-10,13,17-18,29H,4,7-8,11-12,14H2. The molecule has 1 aromatic heterocycles. The molecule has 1 N–H and O–H groups in total. The summed E-state index contributed by atoms with van der Waals surface area (Å²) in [6.45, 7) is 0.167. The van der Waals surface area contributed by atoms with Crippen molar-refractivity contribution in [3.05, 3.63) is 65.5 Å². The summed E-state index contributed by atoms with van der Waals surface area (Å²) in [6, 6.07) is 11.1. The van der Waals surface area contributed by atoms with Crippen LogP contribution in [0.3, 0.4) is 0 Å². The van der Waals surface area contributed by atoms with Crippen LogP contribution in [0.2, 0.25) is 0 Å². The van der Waals surface area contributed by atoms with Crippen LogP contribution in [0.5, 0.6) is 0 Å². The Morgan fingerprint density at radius 1 is 1.13 bits per heavy atom. The van der Waals surface area contributed by atoms with Gasteiger partial charge in [0.1, 0.15) is 12.2 Å². The SMILES string of the molecule is O=C(OCc1ccccc1)N1C2CCCC1CC(O)(c1ccc(C(F)(F)F)cn1)C2. The molecule has 2 aliphatic heterocycles. The Morgan fingerprint density at radius 3 is 2.37 bits per heavy atom. The lowest BCUT2D eigenvalue weighted by Gasteiger charge is -2.51. The summed E-state index contributed by atoms with van der Waals surface area (Å²) in [4.78, 5) is 18.4. The molecule has 5 nitrogen and oxygen atoms in total. The monoisotopic (exact) mass is 420 g/mol. The second-order valence-electron chi connectivity index (χ2n) is 8.06. The van der Waals surface area contributed by atoms with Crippen molar-refractivity contribution in [1.29, 1.82) is 0 Å². The molecule has 2 fully saturated rings. The first-order valence-corrected chi connectivity index (χ1v) is 10.0. The molecule has 2 atom stereocenters. The topological polar surface area (TPSA) is 62.7 Å². The number of ether oxygens (including phenoxy) is 1. The second-order valence-corrected chi connectivity index (χ2v) is 8.06. The smallest absolute Gasteiger partial charge is 0.417 e. The Labute approximate surface area is 172 Å². The molecule has 0 radical (unpaired) electrons. The van der Waals surface area contributed by atoms with Crippen LogP contribution in [-0.2, 0) is 23.1 Å². The molecular weight excluding hydrogens is 397 g/mol. The fourth-order valence-electron chi connectivity index (χ4n) is 4.57. The lowest BCUT2D eigenvalue weighted by atomic mass is 9.74. The average Bonchev–Trinajstić information content (AvgIpc) is 2.71. The first-order valence-electron chi connectivity index (χ1n) is 10.0. The Kier molecular flexibility index (Phi) is 5.44. The van der Waals surface area contributed by atoms with Crippen LogP contribution in [0.4, 0.5) is 18.0 Å². The average molecular weight is 420 g/mol. The van der Waals surface area contributed by atoms with Gasteiger partial charge in [-0.1, -0.05) is 30.3 Å². The number of piperidine rings is 2. The van der Waals surface area contributed by atoms with Crippen molar-refractivity contribution in [3.63, 3.8) is 0 Å². The fraction of sp³-hybridized carbons (Fsp3) is 0.455. The van der Waals surface area contributed by atoms with Crippen LogP contribution in [0.15, 0.2) is 48.7 Å². The molecule has 2 aliphatic rings. The van der Waals surface area contributed by atoms with Gasteiger partial charge < -0.3 is 14.7 Å². The number of carbonyl (C=O) groups is 1. The van der Waals surface area contributed by atoms with Gasteiger partial charge in [0.2, 0.25) is 0 Å². The van der Waals surface area contributed by atoms with E-state index < -0.39 is 23.4 Å². The van der Waals surface area contributed by atoms with E-state index in [4.69, 9.17) is 4.74 Å². The summed E-state index contributed by atoms with van der Waals surface area (Å²) in [5.74, 6) is 0. The van der Waals surface area contributed by atoms with E-state index >= 15 is 0 Å². The molecule has 160 valence electrons. The third kappa shape index (κ3) is 4.14. The van der Waals surface area contributed by atoms with Crippen LogP contribution in [0, 0.1) is 0 Å². The van der Waals surface area contributed by atoms with E-state index in [9.17, 15) is 23.1 Å². The van der Waals surface area contributed by atoms with Gasteiger partial charge in [0.15, 0.2) is 0 Å². The fourth-order valence-corrected chi connectivity index (χ4v) is 4.57. The van der Waals surface area contributed by atoms with Gasteiger partial charge in [-0.2, -0.15) is 13.2 Å². The van der Waals surface area contributed by atoms with Crippen molar-refractivity contribution in [1.82, 2.24) is 9.88 Å². The predicted molar refractivity (Wildman–Crippen MR) is 102 cm³/mol.